The maximum Gasteiger partial charge on any atom is 0.252 e. The Morgan fingerprint density at radius 1 is 1.35 bits per heavy atom. The lowest BCUT2D eigenvalue weighted by Crippen LogP contribution is -2.49. The highest BCUT2D eigenvalue weighted by molar-refractivity contribution is 6.32. The molecule has 3 heterocycles. The molecule has 3 aliphatic heterocycles. The topological polar surface area (TPSA) is 55.6 Å². The van der Waals surface area contributed by atoms with E-state index in [2.05, 4.69) is 4.90 Å². The van der Waals surface area contributed by atoms with Gasteiger partial charge in [-0.25, -0.2) is 0 Å². The zero-order chi connectivity index (χ0) is 16.1. The number of carbonyl (C=O) groups is 1. The van der Waals surface area contributed by atoms with Crippen molar-refractivity contribution in [1.29, 1.82) is 0 Å². The quantitative estimate of drug-likeness (QED) is 0.924. The highest BCUT2D eigenvalue weighted by Gasteiger charge is 2.43. The third kappa shape index (κ3) is 2.34. The first-order valence-electron chi connectivity index (χ1n) is 8.51. The largest absolute Gasteiger partial charge is 0.496 e. The van der Waals surface area contributed by atoms with Crippen molar-refractivity contribution in [3.63, 3.8) is 0 Å². The smallest absolute Gasteiger partial charge is 0.252 e. The van der Waals surface area contributed by atoms with Gasteiger partial charge in [0.15, 0.2) is 0 Å². The summed E-state index contributed by atoms with van der Waals surface area (Å²) in [4.78, 5) is 14.3. The SMILES string of the molecule is COc1c(C(N)=O)cc(Cl)c2c1CCC2C1CN2CCC1CC2. The molecular formula is C18H23ClN2O2. The summed E-state index contributed by atoms with van der Waals surface area (Å²) in [6.45, 7) is 3.68. The molecule has 5 rings (SSSR count). The minimum atomic E-state index is -0.474. The maximum atomic E-state index is 11.7. The van der Waals surface area contributed by atoms with Crippen molar-refractivity contribution in [2.45, 2.75) is 31.6 Å². The summed E-state index contributed by atoms with van der Waals surface area (Å²) in [5.74, 6) is 2.15. The Morgan fingerprint density at radius 3 is 2.65 bits per heavy atom. The van der Waals surface area contributed by atoms with Crippen molar-refractivity contribution < 1.29 is 9.53 Å². The van der Waals surface area contributed by atoms with Gasteiger partial charge in [-0.1, -0.05) is 11.6 Å². The van der Waals surface area contributed by atoms with Crippen LogP contribution in [0.3, 0.4) is 0 Å². The summed E-state index contributed by atoms with van der Waals surface area (Å²) in [5, 5.41) is 0.688. The van der Waals surface area contributed by atoms with Crippen LogP contribution in [-0.4, -0.2) is 37.6 Å². The Balaban J connectivity index is 1.75. The number of benzene rings is 1. The lowest BCUT2D eigenvalue weighted by molar-refractivity contribution is 0.0367. The van der Waals surface area contributed by atoms with Crippen molar-refractivity contribution in [2.75, 3.05) is 26.7 Å². The minimum absolute atomic E-state index is 0.408. The predicted octanol–water partition coefficient (Wildman–Crippen LogP) is 2.82. The molecule has 0 radical (unpaired) electrons. The lowest BCUT2D eigenvalue weighted by atomic mass is 9.71. The number of rotatable bonds is 3. The van der Waals surface area contributed by atoms with Gasteiger partial charge < -0.3 is 15.4 Å². The Morgan fingerprint density at radius 2 is 2.09 bits per heavy atom. The predicted molar refractivity (Wildman–Crippen MR) is 90.2 cm³/mol. The number of nitrogens with zero attached hydrogens (tertiary/aromatic N) is 1. The van der Waals surface area contributed by atoms with Crippen LogP contribution in [0.1, 0.15) is 46.7 Å². The summed E-state index contributed by atoms with van der Waals surface area (Å²) >= 11 is 6.59. The zero-order valence-corrected chi connectivity index (χ0v) is 14.2. The third-order valence-electron chi connectivity index (χ3n) is 6.14. The first-order chi connectivity index (χ1) is 11.1. The molecule has 3 saturated heterocycles. The van der Waals surface area contributed by atoms with E-state index in [4.69, 9.17) is 22.1 Å². The first kappa shape index (κ1) is 15.3. The molecule has 0 aromatic heterocycles. The van der Waals surface area contributed by atoms with Crippen LogP contribution < -0.4 is 10.5 Å². The van der Waals surface area contributed by atoms with Gasteiger partial charge in [0.1, 0.15) is 5.75 Å². The molecule has 23 heavy (non-hydrogen) atoms. The van der Waals surface area contributed by atoms with E-state index in [-0.39, 0.29) is 0 Å². The van der Waals surface area contributed by atoms with Crippen LogP contribution in [0.4, 0.5) is 0 Å². The molecule has 2 bridgehead atoms. The van der Waals surface area contributed by atoms with Gasteiger partial charge in [-0.15, -0.1) is 0 Å². The second kappa shape index (κ2) is 5.67. The number of primary amides is 1. The van der Waals surface area contributed by atoms with Gasteiger partial charge in [-0.2, -0.15) is 0 Å². The number of hydrogen-bond donors (Lipinski definition) is 1. The molecule has 1 amide bonds. The first-order valence-corrected chi connectivity index (χ1v) is 8.89. The normalized spacial score (nSPS) is 31.9. The van der Waals surface area contributed by atoms with E-state index in [1.807, 2.05) is 0 Å². The lowest BCUT2D eigenvalue weighted by Gasteiger charge is -2.47. The average Bonchev–Trinajstić information content (AvgIpc) is 3.01. The molecule has 2 atom stereocenters. The number of methoxy groups -OCH3 is 1. The van der Waals surface area contributed by atoms with Crippen LogP contribution in [0.25, 0.3) is 0 Å². The highest BCUT2D eigenvalue weighted by Crippen LogP contribution is 2.51. The number of carbonyl (C=O) groups excluding carboxylic acids is 1. The van der Waals surface area contributed by atoms with Gasteiger partial charge in [-0.05, 0) is 73.7 Å². The summed E-state index contributed by atoms with van der Waals surface area (Å²) in [6.07, 6.45) is 4.64. The molecule has 3 fully saturated rings. The van der Waals surface area contributed by atoms with Crippen LogP contribution >= 0.6 is 11.6 Å². The fourth-order valence-electron chi connectivity index (χ4n) is 5.10. The molecule has 4 aliphatic rings. The molecule has 1 aromatic carbocycles. The number of amides is 1. The van der Waals surface area contributed by atoms with Gasteiger partial charge in [0.05, 0.1) is 12.7 Å². The van der Waals surface area contributed by atoms with Gasteiger partial charge in [0.2, 0.25) is 0 Å². The van der Waals surface area contributed by atoms with E-state index in [9.17, 15) is 4.79 Å². The van der Waals surface area contributed by atoms with Crippen LogP contribution in [0.2, 0.25) is 5.02 Å². The molecule has 124 valence electrons. The standard InChI is InChI=1S/C18H23ClN2O2/c1-23-17-12-3-2-11(14-9-21-6-4-10(14)5-7-21)16(12)15(19)8-13(17)18(20)22/h8,10-11,14H,2-7,9H2,1H3,(H2,20,22). The van der Waals surface area contributed by atoms with Gasteiger partial charge in [-0.3, -0.25) is 4.79 Å². The molecule has 4 nitrogen and oxygen atoms in total. The minimum Gasteiger partial charge on any atom is -0.496 e. The molecule has 2 N–H and O–H groups in total. The molecule has 5 heteroatoms. The molecule has 0 spiro atoms. The van der Waals surface area contributed by atoms with E-state index < -0.39 is 5.91 Å². The zero-order valence-electron chi connectivity index (χ0n) is 13.5. The van der Waals surface area contributed by atoms with Crippen molar-refractivity contribution in [3.8, 4) is 5.75 Å². The van der Waals surface area contributed by atoms with Crippen molar-refractivity contribution in [3.05, 3.63) is 27.8 Å². The van der Waals surface area contributed by atoms with Crippen molar-refractivity contribution in [1.82, 2.24) is 4.90 Å². The fourth-order valence-corrected chi connectivity index (χ4v) is 5.47. The van der Waals surface area contributed by atoms with E-state index in [1.165, 1.54) is 38.0 Å². The summed E-state index contributed by atoms with van der Waals surface area (Å²) < 4.78 is 5.53. The molecule has 1 aromatic rings. The Kier molecular flexibility index (Phi) is 3.77. The number of halogens is 1. The monoisotopic (exact) mass is 334 g/mol. The van der Waals surface area contributed by atoms with Crippen LogP contribution in [0.5, 0.6) is 5.75 Å². The summed E-state index contributed by atoms with van der Waals surface area (Å²) in [6, 6.07) is 1.71. The second-order valence-corrected chi connectivity index (χ2v) is 7.55. The Hall–Kier alpha value is -1.26. The number of fused-ring (bicyclic) bond motifs is 4. The summed E-state index contributed by atoms with van der Waals surface area (Å²) in [5.41, 5.74) is 8.23. The van der Waals surface area contributed by atoms with E-state index in [0.29, 0.717) is 28.2 Å². The van der Waals surface area contributed by atoms with E-state index in [0.717, 1.165) is 24.3 Å². The van der Waals surface area contributed by atoms with Gasteiger partial charge >= 0.3 is 0 Å². The van der Waals surface area contributed by atoms with Crippen LogP contribution in [0, 0.1) is 11.8 Å². The second-order valence-electron chi connectivity index (χ2n) is 7.14. The number of nitrogens with two attached hydrogens (primary N) is 1. The van der Waals surface area contributed by atoms with E-state index >= 15 is 0 Å². The molecule has 2 unspecified atom stereocenters. The number of piperidine rings is 3. The van der Waals surface area contributed by atoms with Crippen LogP contribution in [0.15, 0.2) is 6.07 Å². The van der Waals surface area contributed by atoms with Gasteiger partial charge in [0.25, 0.3) is 5.91 Å². The fraction of sp³-hybridized carbons (Fsp3) is 0.611. The summed E-state index contributed by atoms with van der Waals surface area (Å²) in [7, 11) is 1.61. The van der Waals surface area contributed by atoms with Crippen molar-refractivity contribution in [2.24, 2.45) is 17.6 Å². The van der Waals surface area contributed by atoms with Crippen molar-refractivity contribution >= 4 is 17.5 Å². The van der Waals surface area contributed by atoms with Crippen LogP contribution in [-0.2, 0) is 6.42 Å². The Labute approximate surface area is 141 Å². The highest BCUT2D eigenvalue weighted by atomic mass is 35.5. The molecule has 0 saturated carbocycles. The third-order valence-corrected chi connectivity index (χ3v) is 6.45. The van der Waals surface area contributed by atoms with E-state index in [1.54, 1.807) is 13.2 Å². The maximum absolute atomic E-state index is 11.7. The molecular weight excluding hydrogens is 312 g/mol. The number of hydrogen-bond acceptors (Lipinski definition) is 3. The average molecular weight is 335 g/mol. The number of ether oxygens (including phenoxy) is 1. The Bertz CT molecular complexity index is 653. The molecule has 1 aliphatic carbocycles. The van der Waals surface area contributed by atoms with Gasteiger partial charge in [0, 0.05) is 11.6 Å².